The highest BCUT2D eigenvalue weighted by molar-refractivity contribution is 6.36. The molecule has 4 heteroatoms. The van der Waals surface area contributed by atoms with Crippen molar-refractivity contribution in [1.82, 2.24) is 4.98 Å². The smallest absolute Gasteiger partial charge is 0.150 e. The molecule has 0 fully saturated rings. The van der Waals surface area contributed by atoms with Gasteiger partial charge in [-0.3, -0.25) is 9.78 Å². The summed E-state index contributed by atoms with van der Waals surface area (Å²) in [7, 11) is 1.77. The van der Waals surface area contributed by atoms with Gasteiger partial charge in [0.05, 0.1) is 0 Å². The van der Waals surface area contributed by atoms with Crippen LogP contribution in [-0.2, 0) is 6.42 Å². The highest BCUT2D eigenvalue weighted by Crippen LogP contribution is 2.24. The molecule has 0 aliphatic carbocycles. The Labute approximate surface area is 123 Å². The lowest BCUT2D eigenvalue weighted by atomic mass is 9.90. The Morgan fingerprint density at radius 1 is 1.14 bits per heavy atom. The van der Waals surface area contributed by atoms with Crippen molar-refractivity contribution in [2.75, 3.05) is 0 Å². The number of nitrogens with zero attached hydrogens (tertiary/aromatic N) is 1. The van der Waals surface area contributed by atoms with Gasteiger partial charge in [0.2, 0.25) is 0 Å². The number of fused-ring (bicyclic) bond motifs is 1. The van der Waals surface area contributed by atoms with Crippen LogP contribution in [0.25, 0.3) is 10.9 Å². The molecule has 0 saturated carbocycles. The van der Waals surface area contributed by atoms with E-state index in [2.05, 4.69) is 17.1 Å². The Kier molecular flexibility index (Phi) is 3.44. The van der Waals surface area contributed by atoms with Crippen LogP contribution < -0.4 is 5.46 Å². The van der Waals surface area contributed by atoms with Gasteiger partial charge >= 0.3 is 0 Å². The SMILES string of the molecule is Bc1cc(C=O)c2cc(Cc3ccccc3)cnc2c1O. The first-order valence-corrected chi connectivity index (χ1v) is 6.79. The molecule has 0 radical (unpaired) electrons. The highest BCUT2D eigenvalue weighted by Gasteiger charge is 2.10. The minimum absolute atomic E-state index is 0.141. The number of hydrogen-bond acceptors (Lipinski definition) is 3. The molecule has 0 unspecified atom stereocenters. The van der Waals surface area contributed by atoms with E-state index in [-0.39, 0.29) is 5.75 Å². The number of aldehydes is 1. The summed E-state index contributed by atoms with van der Waals surface area (Å²) in [6.45, 7) is 0. The maximum absolute atomic E-state index is 11.2. The molecule has 1 N–H and O–H groups in total. The predicted octanol–water partition coefficient (Wildman–Crippen LogP) is 1.60. The predicted molar refractivity (Wildman–Crippen MR) is 86.2 cm³/mol. The summed E-state index contributed by atoms with van der Waals surface area (Å²) < 4.78 is 0. The number of aromatic hydroxyl groups is 1. The Morgan fingerprint density at radius 2 is 1.90 bits per heavy atom. The van der Waals surface area contributed by atoms with Crippen LogP contribution in [-0.4, -0.2) is 24.2 Å². The van der Waals surface area contributed by atoms with E-state index in [1.54, 1.807) is 20.1 Å². The van der Waals surface area contributed by atoms with E-state index >= 15 is 0 Å². The maximum Gasteiger partial charge on any atom is 0.150 e. The zero-order chi connectivity index (χ0) is 14.8. The fraction of sp³-hybridized carbons (Fsp3) is 0.0588. The fourth-order valence-corrected chi connectivity index (χ4v) is 2.51. The van der Waals surface area contributed by atoms with E-state index < -0.39 is 0 Å². The third-order valence-corrected chi connectivity index (χ3v) is 3.60. The van der Waals surface area contributed by atoms with Crippen molar-refractivity contribution in [2.45, 2.75) is 6.42 Å². The molecule has 0 aliphatic heterocycles. The van der Waals surface area contributed by atoms with Crippen molar-refractivity contribution in [2.24, 2.45) is 0 Å². The molecule has 3 aromatic rings. The molecule has 3 nitrogen and oxygen atoms in total. The summed E-state index contributed by atoms with van der Waals surface area (Å²) in [6, 6.07) is 13.7. The molecule has 0 bridgehead atoms. The Hall–Kier alpha value is -2.62. The third-order valence-electron chi connectivity index (χ3n) is 3.60. The van der Waals surface area contributed by atoms with E-state index in [0.29, 0.717) is 21.9 Å². The zero-order valence-electron chi connectivity index (χ0n) is 11.7. The van der Waals surface area contributed by atoms with Crippen molar-refractivity contribution in [1.29, 1.82) is 0 Å². The largest absolute Gasteiger partial charge is 0.506 e. The summed E-state index contributed by atoms with van der Waals surface area (Å²) in [5.74, 6) is 0.141. The number of aromatic nitrogens is 1. The molecule has 1 heterocycles. The van der Waals surface area contributed by atoms with Crippen molar-refractivity contribution in [3.63, 3.8) is 0 Å². The van der Waals surface area contributed by atoms with Crippen LogP contribution >= 0.6 is 0 Å². The summed E-state index contributed by atoms with van der Waals surface area (Å²) in [6.07, 6.45) is 3.31. The second-order valence-corrected chi connectivity index (χ2v) is 5.15. The minimum atomic E-state index is 0.141. The van der Waals surface area contributed by atoms with Crippen LogP contribution in [0, 0.1) is 0 Å². The number of pyridine rings is 1. The number of carbonyl (C=O) groups is 1. The molecular weight excluding hydrogens is 261 g/mol. The Balaban J connectivity index is 2.11. The standard InChI is InChI=1S/C17H14BNO2/c18-15-8-13(10-20)14-7-12(9-19-16(14)17(15)21)6-11-4-2-1-3-5-11/h1-5,7-10,21H,6,18H2. The summed E-state index contributed by atoms with van der Waals surface area (Å²) in [5.41, 5.74) is 3.90. The van der Waals surface area contributed by atoms with Crippen molar-refractivity contribution in [3.8, 4) is 5.75 Å². The van der Waals surface area contributed by atoms with Crippen LogP contribution in [0.4, 0.5) is 0 Å². The van der Waals surface area contributed by atoms with Gasteiger partial charge in [0.15, 0.2) is 6.29 Å². The normalized spacial score (nSPS) is 10.7. The molecular formula is C17H14BNO2. The number of benzene rings is 2. The molecule has 0 atom stereocenters. The Morgan fingerprint density at radius 3 is 2.62 bits per heavy atom. The molecule has 0 aliphatic rings. The molecule has 102 valence electrons. The van der Waals surface area contributed by atoms with Gasteiger partial charge in [0.1, 0.15) is 19.1 Å². The van der Waals surface area contributed by atoms with Gasteiger partial charge in [-0.2, -0.15) is 0 Å². The lowest BCUT2D eigenvalue weighted by molar-refractivity contribution is 0.112. The fourth-order valence-electron chi connectivity index (χ4n) is 2.51. The van der Waals surface area contributed by atoms with Gasteiger partial charge < -0.3 is 5.11 Å². The first-order valence-electron chi connectivity index (χ1n) is 6.79. The second kappa shape index (κ2) is 5.41. The topological polar surface area (TPSA) is 50.2 Å². The van der Waals surface area contributed by atoms with E-state index in [1.807, 2.05) is 24.3 Å². The summed E-state index contributed by atoms with van der Waals surface area (Å²) >= 11 is 0. The average molecular weight is 275 g/mol. The molecule has 0 saturated heterocycles. The molecule has 0 amide bonds. The molecule has 2 aromatic carbocycles. The van der Waals surface area contributed by atoms with Gasteiger partial charge in [-0.25, -0.2) is 0 Å². The number of carbonyl (C=O) groups excluding carboxylic acids is 1. The van der Waals surface area contributed by atoms with Crippen LogP contribution in [0.5, 0.6) is 5.75 Å². The van der Waals surface area contributed by atoms with Gasteiger partial charge in [0.25, 0.3) is 0 Å². The first-order chi connectivity index (χ1) is 10.2. The number of phenolic OH excluding ortho intramolecular Hbond substituents is 1. The minimum Gasteiger partial charge on any atom is -0.506 e. The number of rotatable bonds is 3. The highest BCUT2D eigenvalue weighted by atomic mass is 16.3. The maximum atomic E-state index is 11.2. The van der Waals surface area contributed by atoms with Crippen LogP contribution in [0.15, 0.2) is 48.7 Å². The molecule has 21 heavy (non-hydrogen) atoms. The Bertz CT molecular complexity index is 816. The third kappa shape index (κ3) is 2.52. The number of hydrogen-bond donors (Lipinski definition) is 1. The lowest BCUT2D eigenvalue weighted by Crippen LogP contribution is -2.06. The second-order valence-electron chi connectivity index (χ2n) is 5.15. The van der Waals surface area contributed by atoms with E-state index in [9.17, 15) is 9.90 Å². The number of phenols is 1. The quantitative estimate of drug-likeness (QED) is 0.583. The van der Waals surface area contributed by atoms with Crippen LogP contribution in [0.3, 0.4) is 0 Å². The van der Waals surface area contributed by atoms with Crippen molar-refractivity contribution < 1.29 is 9.90 Å². The average Bonchev–Trinajstić information content (AvgIpc) is 2.52. The summed E-state index contributed by atoms with van der Waals surface area (Å²) in [5, 5.41) is 10.8. The molecule has 1 aromatic heterocycles. The van der Waals surface area contributed by atoms with Gasteiger partial charge in [0, 0.05) is 17.1 Å². The van der Waals surface area contributed by atoms with Gasteiger partial charge in [-0.15, -0.1) is 0 Å². The van der Waals surface area contributed by atoms with Crippen molar-refractivity contribution >= 4 is 30.5 Å². The monoisotopic (exact) mass is 275 g/mol. The van der Waals surface area contributed by atoms with E-state index in [0.717, 1.165) is 18.3 Å². The molecule has 3 rings (SSSR count). The van der Waals surface area contributed by atoms with Gasteiger partial charge in [-0.05, 0) is 29.1 Å². The van der Waals surface area contributed by atoms with Crippen molar-refractivity contribution in [3.05, 3.63) is 65.4 Å². The van der Waals surface area contributed by atoms with Crippen LogP contribution in [0.1, 0.15) is 21.5 Å². The van der Waals surface area contributed by atoms with Gasteiger partial charge in [-0.1, -0.05) is 36.4 Å². The zero-order valence-corrected chi connectivity index (χ0v) is 11.7. The van der Waals surface area contributed by atoms with E-state index in [1.165, 1.54) is 5.56 Å². The lowest BCUT2D eigenvalue weighted by Gasteiger charge is -2.09. The molecule has 0 spiro atoms. The first kappa shape index (κ1) is 13.4. The van der Waals surface area contributed by atoms with Crippen LogP contribution in [0.2, 0.25) is 0 Å². The summed E-state index contributed by atoms with van der Waals surface area (Å²) in [4.78, 5) is 15.6. The van der Waals surface area contributed by atoms with E-state index in [4.69, 9.17) is 0 Å².